The zero-order valence-electron chi connectivity index (χ0n) is 30.5. The lowest BCUT2D eigenvalue weighted by atomic mass is 9.80. The van der Waals surface area contributed by atoms with E-state index in [2.05, 4.69) is 28.1 Å². The van der Waals surface area contributed by atoms with E-state index in [1.54, 1.807) is 0 Å². The molecule has 3 heterocycles. The van der Waals surface area contributed by atoms with Crippen LogP contribution in [0.5, 0.6) is 0 Å². The van der Waals surface area contributed by atoms with E-state index in [1.165, 1.54) is 16.7 Å². The Balaban J connectivity index is 1.11. The molecule has 2 aliphatic heterocycles. The maximum Gasteiger partial charge on any atom is 0.356 e. The number of nitrogens with zero attached hydrogens (tertiary/aromatic N) is 3. The zero-order chi connectivity index (χ0) is 40.2. The van der Waals surface area contributed by atoms with Crippen LogP contribution in [0.4, 0.5) is 5.13 Å². The van der Waals surface area contributed by atoms with Crippen molar-refractivity contribution in [3.05, 3.63) is 200 Å². The molecule has 2 atom stereocenters. The number of anilines is 1. The molecule has 0 bridgehead atoms. The Morgan fingerprint density at radius 3 is 1.78 bits per heavy atom. The zero-order valence-corrected chi connectivity index (χ0v) is 33.8. The fourth-order valence-corrected chi connectivity index (χ4v) is 9.55. The lowest BCUT2D eigenvalue weighted by Crippen LogP contribution is -2.71. The predicted octanol–water partition coefficient (Wildman–Crippen LogP) is 7.97. The lowest BCUT2D eigenvalue weighted by molar-refractivity contribution is -0.154. The van der Waals surface area contributed by atoms with Gasteiger partial charge in [-0.3, -0.25) is 14.5 Å². The first kappa shape index (κ1) is 39.0. The van der Waals surface area contributed by atoms with Gasteiger partial charge in [0.05, 0.1) is 0 Å². The van der Waals surface area contributed by atoms with Crippen molar-refractivity contribution in [3.8, 4) is 0 Å². The monoisotopic (exact) mass is 843 g/mol. The standard InChI is InChI=1S/C44H34ClN5O5S3/c45-38-33(48-43(46)58-38)34(49-55-44(29-20-10-3-11-21-29,30-22-12-4-13-23-30)31-24-14-5-15-25-31)39(51)47-35-40(52)50-36(32(56)26-57-41(35)50)42(53)54-37(27-16-6-1-7-17-27)28-18-8-2-9-19-28/h1-25,35,37,41,56H,26H2,(H2,46,48)(H,47,51)/b49-34-/t35-,41-/m1/s1. The number of thiol groups is 1. The van der Waals surface area contributed by atoms with Crippen LogP contribution in [-0.2, 0) is 29.6 Å². The van der Waals surface area contributed by atoms with Crippen molar-refractivity contribution in [2.45, 2.75) is 23.1 Å². The number of nitrogens with two attached hydrogens (primary N) is 1. The number of hydrogen-bond donors (Lipinski definition) is 3. The van der Waals surface area contributed by atoms with E-state index >= 15 is 0 Å². The van der Waals surface area contributed by atoms with Crippen molar-refractivity contribution >= 4 is 76.0 Å². The summed E-state index contributed by atoms with van der Waals surface area (Å²) in [4.78, 5) is 55.1. The molecule has 8 rings (SSSR count). The molecule has 2 aliphatic rings. The number of nitrogens with one attached hydrogen (secondary N) is 1. The maximum absolute atomic E-state index is 14.4. The molecule has 0 spiro atoms. The van der Waals surface area contributed by atoms with E-state index in [-0.39, 0.29) is 26.6 Å². The van der Waals surface area contributed by atoms with Crippen LogP contribution >= 0.6 is 47.3 Å². The molecule has 0 unspecified atom stereocenters. The second kappa shape index (κ2) is 16.9. The van der Waals surface area contributed by atoms with Crippen molar-refractivity contribution in [3.63, 3.8) is 0 Å². The van der Waals surface area contributed by atoms with Gasteiger partial charge >= 0.3 is 5.97 Å². The van der Waals surface area contributed by atoms with Crippen molar-refractivity contribution < 1.29 is 24.0 Å². The van der Waals surface area contributed by atoms with Crippen LogP contribution in [0.2, 0.25) is 4.34 Å². The van der Waals surface area contributed by atoms with Crippen molar-refractivity contribution in [1.82, 2.24) is 15.2 Å². The van der Waals surface area contributed by atoms with E-state index in [9.17, 15) is 14.4 Å². The highest BCUT2D eigenvalue weighted by molar-refractivity contribution is 8.01. The summed E-state index contributed by atoms with van der Waals surface area (Å²) in [6, 6.07) is 46.2. The first-order valence-corrected chi connectivity index (χ1v) is 20.8. The molecule has 1 saturated heterocycles. The summed E-state index contributed by atoms with van der Waals surface area (Å²) in [6.07, 6.45) is -0.743. The molecule has 0 saturated carbocycles. The molecule has 5 aromatic carbocycles. The van der Waals surface area contributed by atoms with Gasteiger partial charge in [-0.2, -0.15) is 0 Å². The Labute approximate surface area is 353 Å². The number of thioether (sulfide) groups is 1. The molecule has 14 heteroatoms. The summed E-state index contributed by atoms with van der Waals surface area (Å²) < 4.78 is 6.23. The summed E-state index contributed by atoms with van der Waals surface area (Å²) >= 11 is 13.6. The van der Waals surface area contributed by atoms with Crippen molar-refractivity contribution in [2.24, 2.45) is 5.16 Å². The number of β-lactam (4-membered cyclic amide) rings is 1. The first-order valence-electron chi connectivity index (χ1n) is 18.1. The fourth-order valence-electron chi connectivity index (χ4n) is 7.00. The molecule has 1 fully saturated rings. The van der Waals surface area contributed by atoms with E-state index in [0.717, 1.165) is 39.2 Å². The summed E-state index contributed by atoms with van der Waals surface area (Å²) in [5.74, 6) is -1.74. The van der Waals surface area contributed by atoms with Gasteiger partial charge < -0.3 is 20.6 Å². The van der Waals surface area contributed by atoms with Crippen LogP contribution in [0.25, 0.3) is 0 Å². The van der Waals surface area contributed by atoms with Crippen LogP contribution < -0.4 is 11.1 Å². The van der Waals surface area contributed by atoms with Gasteiger partial charge in [-0.25, -0.2) is 9.78 Å². The van der Waals surface area contributed by atoms with E-state index in [4.69, 9.17) is 26.9 Å². The number of benzene rings is 5. The number of hydrogen-bond acceptors (Lipinski definition) is 11. The number of carbonyl (C=O) groups excluding carboxylic acids is 3. The van der Waals surface area contributed by atoms with Gasteiger partial charge in [-0.05, 0) is 11.1 Å². The van der Waals surface area contributed by atoms with Crippen LogP contribution in [0.15, 0.2) is 167 Å². The van der Waals surface area contributed by atoms with Crippen LogP contribution in [-0.4, -0.2) is 50.5 Å². The minimum atomic E-state index is -1.34. The molecule has 10 nitrogen and oxygen atoms in total. The Hall–Kier alpha value is -5.86. The Morgan fingerprint density at radius 2 is 1.31 bits per heavy atom. The number of nitrogen functional groups attached to an aromatic ring is 1. The van der Waals surface area contributed by atoms with Crippen LogP contribution in [0, 0.1) is 0 Å². The number of amides is 2. The number of rotatable bonds is 12. The molecule has 290 valence electrons. The van der Waals surface area contributed by atoms with Gasteiger partial charge in [-0.1, -0.05) is 180 Å². The van der Waals surface area contributed by atoms with Gasteiger partial charge in [0.25, 0.3) is 11.8 Å². The molecule has 6 aromatic rings. The molecule has 58 heavy (non-hydrogen) atoms. The van der Waals surface area contributed by atoms with E-state index < -0.39 is 40.9 Å². The third-order valence-corrected chi connectivity index (χ3v) is 12.7. The van der Waals surface area contributed by atoms with Crippen LogP contribution in [0.3, 0.4) is 0 Å². The Morgan fingerprint density at radius 1 is 0.828 bits per heavy atom. The van der Waals surface area contributed by atoms with Crippen LogP contribution in [0.1, 0.15) is 39.6 Å². The molecule has 0 aliphatic carbocycles. The van der Waals surface area contributed by atoms with E-state index in [1.807, 2.05) is 152 Å². The minimum absolute atomic E-state index is 0.0145. The highest BCUT2D eigenvalue weighted by atomic mass is 35.5. The third-order valence-electron chi connectivity index (χ3n) is 9.71. The number of halogens is 1. The van der Waals surface area contributed by atoms with Gasteiger partial charge in [0.15, 0.2) is 16.9 Å². The Bertz CT molecular complexity index is 2370. The molecular weight excluding hydrogens is 810 g/mol. The van der Waals surface area contributed by atoms with Gasteiger partial charge in [0.2, 0.25) is 5.60 Å². The molecular formula is C44H34ClN5O5S3. The number of oxime groups is 1. The molecule has 1 aromatic heterocycles. The Kier molecular flexibility index (Phi) is 11.4. The first-order chi connectivity index (χ1) is 28.3. The molecule has 2 amide bonds. The molecule has 3 N–H and O–H groups in total. The average molecular weight is 844 g/mol. The quantitative estimate of drug-likeness (QED) is 0.0282. The van der Waals surface area contributed by atoms with Gasteiger partial charge in [0, 0.05) is 27.3 Å². The summed E-state index contributed by atoms with van der Waals surface area (Å²) in [6.45, 7) is 0. The fraction of sp³-hybridized carbons (Fsp3) is 0.114. The van der Waals surface area contributed by atoms with Crippen molar-refractivity contribution in [2.75, 3.05) is 11.5 Å². The largest absolute Gasteiger partial charge is 0.448 e. The predicted molar refractivity (Wildman–Crippen MR) is 230 cm³/mol. The number of carbonyl (C=O) groups is 3. The smallest absolute Gasteiger partial charge is 0.356 e. The third kappa shape index (κ3) is 7.49. The maximum atomic E-state index is 14.4. The number of aromatic nitrogens is 1. The SMILES string of the molecule is Nc1nc(/C(=N/OC(c2ccccc2)(c2ccccc2)c2ccccc2)C(=O)N[C@@H]2C(=O)N3C(C(=O)OC(c4ccccc4)c4ccccc4)=C(S)CS[C@H]23)c(Cl)s1. The topological polar surface area (TPSA) is 136 Å². The van der Waals surface area contributed by atoms with Gasteiger partial charge in [0.1, 0.15) is 27.1 Å². The summed E-state index contributed by atoms with van der Waals surface area (Å²) in [5, 5.41) is 6.81. The van der Waals surface area contributed by atoms with Crippen molar-refractivity contribution in [1.29, 1.82) is 0 Å². The second-order valence-electron chi connectivity index (χ2n) is 13.2. The average Bonchev–Trinajstić information content (AvgIpc) is 3.61. The lowest BCUT2D eigenvalue weighted by Gasteiger charge is -2.49. The number of ether oxygens (including phenoxy) is 1. The summed E-state index contributed by atoms with van der Waals surface area (Å²) in [5.41, 5.74) is 8.15. The minimum Gasteiger partial charge on any atom is -0.448 e. The number of thiazole rings is 1. The van der Waals surface area contributed by atoms with E-state index in [0.29, 0.717) is 10.7 Å². The summed E-state index contributed by atoms with van der Waals surface area (Å²) in [7, 11) is 0. The highest BCUT2D eigenvalue weighted by Gasteiger charge is 2.55. The number of fused-ring (bicyclic) bond motifs is 1. The number of esters is 1. The normalized spacial score (nSPS) is 16.7. The molecule has 0 radical (unpaired) electrons. The second-order valence-corrected chi connectivity index (χ2v) is 16.5. The van der Waals surface area contributed by atoms with Gasteiger partial charge in [-0.15, -0.1) is 24.4 Å². The highest BCUT2D eigenvalue weighted by Crippen LogP contribution is 2.44.